The van der Waals surface area contributed by atoms with E-state index in [-0.39, 0.29) is 18.2 Å². The van der Waals surface area contributed by atoms with Gasteiger partial charge in [-0.2, -0.15) is 0 Å². The number of sulfonamides is 1. The SMILES string of the molecule is CCS(=O)(=O)N1C[C@H](C(=O)NCCN2CCOCC2)Oc2ccccc21. The molecule has 2 heterocycles. The van der Waals surface area contributed by atoms with Gasteiger partial charge in [-0.15, -0.1) is 0 Å². The lowest BCUT2D eigenvalue weighted by atomic mass is 10.2. The summed E-state index contributed by atoms with van der Waals surface area (Å²) in [5.74, 6) is 0.0698. The highest BCUT2D eigenvalue weighted by molar-refractivity contribution is 7.92. The third-order valence-corrected chi connectivity index (χ3v) is 6.31. The van der Waals surface area contributed by atoms with Crippen LogP contribution in [0.3, 0.4) is 0 Å². The third kappa shape index (κ3) is 4.28. The first-order valence-electron chi connectivity index (χ1n) is 8.85. The van der Waals surface area contributed by atoms with Crippen molar-refractivity contribution < 1.29 is 22.7 Å². The van der Waals surface area contributed by atoms with E-state index >= 15 is 0 Å². The Hall–Kier alpha value is -1.84. The van der Waals surface area contributed by atoms with Crippen LogP contribution in [0.2, 0.25) is 0 Å². The van der Waals surface area contributed by atoms with Crippen molar-refractivity contribution in [2.45, 2.75) is 13.0 Å². The lowest BCUT2D eigenvalue weighted by Crippen LogP contribution is -2.52. The Morgan fingerprint density at radius 1 is 1.27 bits per heavy atom. The number of nitrogens with zero attached hydrogens (tertiary/aromatic N) is 2. The number of para-hydroxylation sites is 2. The van der Waals surface area contributed by atoms with Gasteiger partial charge in [-0.25, -0.2) is 8.42 Å². The van der Waals surface area contributed by atoms with Crippen LogP contribution < -0.4 is 14.4 Å². The van der Waals surface area contributed by atoms with Crippen LogP contribution in [-0.2, 0) is 19.6 Å². The molecule has 8 nitrogen and oxygen atoms in total. The first kappa shape index (κ1) is 18.9. The summed E-state index contributed by atoms with van der Waals surface area (Å²) in [6, 6.07) is 6.88. The molecule has 1 saturated heterocycles. The van der Waals surface area contributed by atoms with Gasteiger partial charge in [0.15, 0.2) is 6.10 Å². The quantitative estimate of drug-likeness (QED) is 0.747. The monoisotopic (exact) mass is 383 g/mol. The Bertz CT molecular complexity index is 734. The first-order chi connectivity index (χ1) is 12.5. The largest absolute Gasteiger partial charge is 0.476 e. The number of anilines is 1. The predicted octanol–water partition coefficient (Wildman–Crippen LogP) is 0.0521. The normalized spacial score (nSPS) is 21.0. The second-order valence-electron chi connectivity index (χ2n) is 6.25. The summed E-state index contributed by atoms with van der Waals surface area (Å²) in [5.41, 5.74) is 0.478. The van der Waals surface area contributed by atoms with Crippen molar-refractivity contribution in [1.29, 1.82) is 0 Å². The van der Waals surface area contributed by atoms with E-state index in [4.69, 9.17) is 9.47 Å². The predicted molar refractivity (Wildman–Crippen MR) is 97.9 cm³/mol. The fraction of sp³-hybridized carbons (Fsp3) is 0.588. The molecule has 1 aromatic rings. The summed E-state index contributed by atoms with van der Waals surface area (Å²) in [7, 11) is -3.49. The zero-order valence-corrected chi connectivity index (χ0v) is 15.7. The van der Waals surface area contributed by atoms with Crippen molar-refractivity contribution in [1.82, 2.24) is 10.2 Å². The molecule has 0 aliphatic carbocycles. The molecular formula is C17H25N3O5S. The van der Waals surface area contributed by atoms with E-state index in [0.717, 1.165) is 19.6 Å². The van der Waals surface area contributed by atoms with Gasteiger partial charge in [0.1, 0.15) is 5.75 Å². The average molecular weight is 383 g/mol. The van der Waals surface area contributed by atoms with Crippen LogP contribution in [0, 0.1) is 0 Å². The minimum Gasteiger partial charge on any atom is -0.476 e. The molecular weight excluding hydrogens is 358 g/mol. The average Bonchev–Trinajstić information content (AvgIpc) is 2.67. The fourth-order valence-corrected chi connectivity index (χ4v) is 4.16. The molecule has 1 amide bonds. The van der Waals surface area contributed by atoms with Crippen LogP contribution in [0.15, 0.2) is 24.3 Å². The smallest absolute Gasteiger partial charge is 0.263 e. The molecule has 2 aliphatic heterocycles. The van der Waals surface area contributed by atoms with Crippen LogP contribution in [-0.4, -0.2) is 77.0 Å². The number of carbonyl (C=O) groups is 1. The molecule has 0 radical (unpaired) electrons. The lowest BCUT2D eigenvalue weighted by molar-refractivity contribution is -0.127. The summed E-state index contributed by atoms with van der Waals surface area (Å²) >= 11 is 0. The number of morpholine rings is 1. The minimum absolute atomic E-state index is 0.0173. The van der Waals surface area contributed by atoms with Gasteiger partial charge in [-0.05, 0) is 19.1 Å². The second kappa shape index (κ2) is 8.24. The molecule has 0 unspecified atom stereocenters. The number of hydrogen-bond acceptors (Lipinski definition) is 6. The van der Waals surface area contributed by atoms with Crippen molar-refractivity contribution in [3.8, 4) is 5.75 Å². The Morgan fingerprint density at radius 2 is 2.00 bits per heavy atom. The third-order valence-electron chi connectivity index (χ3n) is 4.56. The number of nitrogens with one attached hydrogen (secondary N) is 1. The van der Waals surface area contributed by atoms with E-state index in [9.17, 15) is 13.2 Å². The molecule has 1 N–H and O–H groups in total. The van der Waals surface area contributed by atoms with Crippen LogP contribution in [0.25, 0.3) is 0 Å². The Balaban J connectivity index is 1.64. The van der Waals surface area contributed by atoms with Crippen molar-refractivity contribution in [3.05, 3.63) is 24.3 Å². The van der Waals surface area contributed by atoms with Crippen molar-refractivity contribution >= 4 is 21.6 Å². The Kier molecular flexibility index (Phi) is 6.00. The zero-order valence-electron chi connectivity index (χ0n) is 14.9. The number of rotatable bonds is 6. The first-order valence-corrected chi connectivity index (χ1v) is 10.5. The Morgan fingerprint density at radius 3 is 2.73 bits per heavy atom. The molecule has 1 atom stereocenters. The number of carbonyl (C=O) groups excluding carboxylic acids is 1. The summed E-state index contributed by atoms with van der Waals surface area (Å²) in [6.07, 6.45) is -0.865. The van der Waals surface area contributed by atoms with E-state index in [2.05, 4.69) is 10.2 Å². The number of amides is 1. The maximum Gasteiger partial charge on any atom is 0.263 e. The van der Waals surface area contributed by atoms with Gasteiger partial charge in [0, 0.05) is 26.2 Å². The molecule has 9 heteroatoms. The molecule has 0 aromatic heterocycles. The van der Waals surface area contributed by atoms with E-state index in [1.165, 1.54) is 4.31 Å². The van der Waals surface area contributed by atoms with Gasteiger partial charge in [0.25, 0.3) is 5.91 Å². The van der Waals surface area contributed by atoms with Crippen molar-refractivity contribution in [2.75, 3.05) is 56.0 Å². The van der Waals surface area contributed by atoms with Crippen LogP contribution in [0.1, 0.15) is 6.92 Å². The summed E-state index contributed by atoms with van der Waals surface area (Å²) < 4.78 is 37.2. The Labute approximate surface area is 154 Å². The number of ether oxygens (including phenoxy) is 2. The van der Waals surface area contributed by atoms with E-state index in [1.54, 1.807) is 31.2 Å². The topological polar surface area (TPSA) is 88.2 Å². The van der Waals surface area contributed by atoms with E-state index < -0.39 is 16.1 Å². The van der Waals surface area contributed by atoms with Gasteiger partial charge >= 0.3 is 0 Å². The van der Waals surface area contributed by atoms with Gasteiger partial charge in [-0.1, -0.05) is 12.1 Å². The standard InChI is InChI=1S/C17H25N3O5S/c1-2-26(22,23)20-13-16(25-15-6-4-3-5-14(15)20)17(21)18-7-8-19-9-11-24-12-10-19/h3-6,16H,2,7-13H2,1H3,(H,18,21)/t16-/m1/s1. The number of hydrogen-bond donors (Lipinski definition) is 1. The van der Waals surface area contributed by atoms with Gasteiger partial charge < -0.3 is 14.8 Å². The molecule has 3 rings (SSSR count). The highest BCUT2D eigenvalue weighted by Crippen LogP contribution is 2.34. The maximum absolute atomic E-state index is 12.5. The molecule has 1 aromatic carbocycles. The number of fused-ring (bicyclic) bond motifs is 1. The van der Waals surface area contributed by atoms with Gasteiger partial charge in [-0.3, -0.25) is 14.0 Å². The van der Waals surface area contributed by atoms with Crippen LogP contribution in [0.4, 0.5) is 5.69 Å². The zero-order chi connectivity index (χ0) is 18.6. The fourth-order valence-electron chi connectivity index (χ4n) is 3.03. The number of benzene rings is 1. The van der Waals surface area contributed by atoms with Crippen LogP contribution in [0.5, 0.6) is 5.75 Å². The highest BCUT2D eigenvalue weighted by atomic mass is 32.2. The minimum atomic E-state index is -3.49. The summed E-state index contributed by atoms with van der Waals surface area (Å²) in [5, 5.41) is 2.85. The summed E-state index contributed by atoms with van der Waals surface area (Å²) in [6.45, 7) is 5.91. The second-order valence-corrected chi connectivity index (χ2v) is 8.43. The molecule has 1 fully saturated rings. The molecule has 2 aliphatic rings. The molecule has 0 spiro atoms. The molecule has 0 bridgehead atoms. The van der Waals surface area contributed by atoms with E-state index in [0.29, 0.717) is 31.2 Å². The van der Waals surface area contributed by atoms with Gasteiger partial charge in [0.05, 0.1) is 31.2 Å². The van der Waals surface area contributed by atoms with Gasteiger partial charge in [0.2, 0.25) is 10.0 Å². The molecule has 144 valence electrons. The van der Waals surface area contributed by atoms with Crippen molar-refractivity contribution in [2.24, 2.45) is 0 Å². The molecule has 0 saturated carbocycles. The van der Waals surface area contributed by atoms with Crippen LogP contribution >= 0.6 is 0 Å². The maximum atomic E-state index is 12.5. The van der Waals surface area contributed by atoms with Crippen molar-refractivity contribution in [3.63, 3.8) is 0 Å². The highest BCUT2D eigenvalue weighted by Gasteiger charge is 2.35. The van der Waals surface area contributed by atoms with E-state index in [1.807, 2.05) is 0 Å². The summed E-state index contributed by atoms with van der Waals surface area (Å²) in [4.78, 5) is 14.7. The lowest BCUT2D eigenvalue weighted by Gasteiger charge is -2.34. The molecule has 26 heavy (non-hydrogen) atoms.